The highest BCUT2D eigenvalue weighted by Crippen LogP contribution is 2.35. The summed E-state index contributed by atoms with van der Waals surface area (Å²) in [4.78, 5) is 12.1. The molecule has 2 heterocycles. The Morgan fingerprint density at radius 1 is 1.38 bits per heavy atom. The van der Waals surface area contributed by atoms with Crippen molar-refractivity contribution < 1.29 is 24.1 Å². The number of ether oxygens (including phenoxy) is 3. The van der Waals surface area contributed by atoms with Gasteiger partial charge in [-0.25, -0.2) is 4.79 Å². The molecule has 0 aliphatic carbocycles. The summed E-state index contributed by atoms with van der Waals surface area (Å²) < 4.78 is 16.5. The third-order valence-electron chi connectivity index (χ3n) is 3.68. The van der Waals surface area contributed by atoms with Crippen LogP contribution in [0.3, 0.4) is 0 Å². The van der Waals surface area contributed by atoms with Crippen molar-refractivity contribution in [2.45, 2.75) is 30.8 Å². The van der Waals surface area contributed by atoms with Crippen LogP contribution in [0.2, 0.25) is 0 Å². The largest absolute Gasteiger partial charge is 0.453 e. The second kappa shape index (κ2) is 5.49. The Labute approximate surface area is 122 Å². The lowest BCUT2D eigenvalue weighted by atomic mass is 9.97. The van der Waals surface area contributed by atoms with E-state index in [4.69, 9.17) is 14.2 Å². The Morgan fingerprint density at radius 3 is 2.86 bits per heavy atom. The molecular formula is C16H16O5. The molecule has 0 spiro atoms. The minimum absolute atomic E-state index is 0.0581. The number of hydrogen-bond donors (Lipinski definition) is 1. The molecule has 4 atom stereocenters. The molecule has 2 aliphatic heterocycles. The molecule has 0 bridgehead atoms. The van der Waals surface area contributed by atoms with E-state index in [2.05, 4.69) is 11.8 Å². The molecule has 1 N–H and O–H groups in total. The fourth-order valence-corrected chi connectivity index (χ4v) is 2.70. The van der Waals surface area contributed by atoms with Gasteiger partial charge in [0.1, 0.15) is 12.2 Å². The first-order valence-corrected chi connectivity index (χ1v) is 6.79. The van der Waals surface area contributed by atoms with Gasteiger partial charge in [0.25, 0.3) is 0 Å². The maximum Gasteiger partial charge on any atom is 0.338 e. The van der Waals surface area contributed by atoms with Crippen molar-refractivity contribution >= 4 is 5.97 Å². The SMILES string of the molecule is CC#C[C@@]1(O)CO[C@@H]2[C@@H](OC(=O)c3ccccc3)CO[C@@H]21. The molecule has 110 valence electrons. The zero-order valence-electron chi connectivity index (χ0n) is 11.6. The van der Waals surface area contributed by atoms with E-state index in [9.17, 15) is 9.90 Å². The fourth-order valence-electron chi connectivity index (χ4n) is 2.70. The molecular weight excluding hydrogens is 272 g/mol. The molecule has 0 saturated carbocycles. The average Bonchev–Trinajstić information content (AvgIpc) is 3.03. The van der Waals surface area contributed by atoms with Crippen LogP contribution in [0.4, 0.5) is 0 Å². The highest BCUT2D eigenvalue weighted by atomic mass is 16.6. The number of carbonyl (C=O) groups excluding carboxylic acids is 1. The summed E-state index contributed by atoms with van der Waals surface area (Å²) >= 11 is 0. The van der Waals surface area contributed by atoms with Gasteiger partial charge in [0.2, 0.25) is 0 Å². The summed E-state index contributed by atoms with van der Waals surface area (Å²) in [7, 11) is 0. The van der Waals surface area contributed by atoms with Gasteiger partial charge in [-0.05, 0) is 19.1 Å². The first-order chi connectivity index (χ1) is 10.1. The zero-order chi connectivity index (χ0) is 14.9. The number of aliphatic hydroxyl groups is 1. The third kappa shape index (κ3) is 2.54. The van der Waals surface area contributed by atoms with Gasteiger partial charge in [-0.15, -0.1) is 5.92 Å². The molecule has 0 aromatic heterocycles. The van der Waals surface area contributed by atoms with E-state index >= 15 is 0 Å². The maximum absolute atomic E-state index is 12.1. The predicted octanol–water partition coefficient (Wildman–Crippen LogP) is 0.764. The molecule has 5 nitrogen and oxygen atoms in total. The van der Waals surface area contributed by atoms with Crippen molar-refractivity contribution in [3.63, 3.8) is 0 Å². The number of benzene rings is 1. The lowest BCUT2D eigenvalue weighted by Gasteiger charge is -2.20. The number of hydrogen-bond acceptors (Lipinski definition) is 5. The van der Waals surface area contributed by atoms with Crippen LogP contribution in [0.5, 0.6) is 0 Å². The Kier molecular flexibility index (Phi) is 3.68. The van der Waals surface area contributed by atoms with Crippen LogP contribution in [0.1, 0.15) is 17.3 Å². The number of rotatable bonds is 2. The minimum Gasteiger partial charge on any atom is -0.453 e. The number of carbonyl (C=O) groups is 1. The van der Waals surface area contributed by atoms with Crippen molar-refractivity contribution in [2.75, 3.05) is 13.2 Å². The van der Waals surface area contributed by atoms with Crippen LogP contribution in [0, 0.1) is 11.8 Å². The van der Waals surface area contributed by atoms with E-state index < -0.39 is 29.9 Å². The molecule has 5 heteroatoms. The topological polar surface area (TPSA) is 65.0 Å². The molecule has 0 radical (unpaired) electrons. The lowest BCUT2D eigenvalue weighted by Crippen LogP contribution is -2.42. The van der Waals surface area contributed by atoms with Crippen LogP contribution in [-0.2, 0) is 14.2 Å². The van der Waals surface area contributed by atoms with Crippen LogP contribution < -0.4 is 0 Å². The monoisotopic (exact) mass is 288 g/mol. The predicted molar refractivity (Wildman–Crippen MR) is 73.5 cm³/mol. The van der Waals surface area contributed by atoms with Gasteiger partial charge in [-0.2, -0.15) is 0 Å². The second-order valence-corrected chi connectivity index (χ2v) is 5.14. The molecule has 3 rings (SSSR count). The molecule has 0 unspecified atom stereocenters. The van der Waals surface area contributed by atoms with Crippen molar-refractivity contribution in [3.05, 3.63) is 35.9 Å². The van der Waals surface area contributed by atoms with Crippen LogP contribution >= 0.6 is 0 Å². The highest BCUT2D eigenvalue weighted by molar-refractivity contribution is 5.89. The van der Waals surface area contributed by atoms with E-state index in [1.807, 2.05) is 6.07 Å². The Hall–Kier alpha value is -1.87. The molecule has 21 heavy (non-hydrogen) atoms. The van der Waals surface area contributed by atoms with Crippen molar-refractivity contribution in [3.8, 4) is 11.8 Å². The van der Waals surface area contributed by atoms with Gasteiger partial charge in [0.05, 0.1) is 18.8 Å². The van der Waals surface area contributed by atoms with E-state index in [0.717, 1.165) is 0 Å². The molecule has 2 fully saturated rings. The lowest BCUT2D eigenvalue weighted by molar-refractivity contribution is -0.0387. The van der Waals surface area contributed by atoms with Gasteiger partial charge >= 0.3 is 5.97 Å². The summed E-state index contributed by atoms with van der Waals surface area (Å²) in [6.45, 7) is 1.90. The summed E-state index contributed by atoms with van der Waals surface area (Å²) in [6.07, 6.45) is -1.60. The third-order valence-corrected chi connectivity index (χ3v) is 3.68. The van der Waals surface area contributed by atoms with Crippen LogP contribution in [0.15, 0.2) is 30.3 Å². The van der Waals surface area contributed by atoms with Crippen LogP contribution in [0.25, 0.3) is 0 Å². The fraction of sp³-hybridized carbons (Fsp3) is 0.438. The Bertz CT molecular complexity index is 588. The molecule has 1 aromatic carbocycles. The van der Waals surface area contributed by atoms with Gasteiger partial charge < -0.3 is 19.3 Å². The van der Waals surface area contributed by atoms with Gasteiger partial charge in [0.15, 0.2) is 11.7 Å². The van der Waals surface area contributed by atoms with E-state index in [-0.39, 0.29) is 13.2 Å². The zero-order valence-corrected chi connectivity index (χ0v) is 11.6. The van der Waals surface area contributed by atoms with Gasteiger partial charge in [-0.1, -0.05) is 24.1 Å². The first-order valence-electron chi connectivity index (χ1n) is 6.79. The second-order valence-electron chi connectivity index (χ2n) is 5.14. The summed E-state index contributed by atoms with van der Waals surface area (Å²) in [5.41, 5.74) is -0.851. The summed E-state index contributed by atoms with van der Waals surface area (Å²) in [6, 6.07) is 8.74. The normalized spacial score (nSPS) is 33.9. The summed E-state index contributed by atoms with van der Waals surface area (Å²) in [5, 5.41) is 10.4. The van der Waals surface area contributed by atoms with Crippen molar-refractivity contribution in [2.24, 2.45) is 0 Å². The van der Waals surface area contributed by atoms with E-state index in [0.29, 0.717) is 5.56 Å². The summed E-state index contributed by atoms with van der Waals surface area (Å²) in [5.74, 6) is 4.96. The average molecular weight is 288 g/mol. The number of fused-ring (bicyclic) bond motifs is 1. The first kappa shape index (κ1) is 14.1. The van der Waals surface area contributed by atoms with Crippen LogP contribution in [-0.4, -0.2) is 48.2 Å². The van der Waals surface area contributed by atoms with Gasteiger partial charge in [0, 0.05) is 0 Å². The minimum atomic E-state index is -1.33. The standard InChI is InChI=1S/C16H16O5/c1-2-8-16(18)10-20-13-12(9-19-14(13)16)21-15(17)11-6-4-3-5-7-11/h3-7,12-14,18H,9-10H2,1H3/t12-,13+,14-,16+/m0/s1. The Balaban J connectivity index is 1.69. The molecule has 1 aromatic rings. The van der Waals surface area contributed by atoms with Crippen molar-refractivity contribution in [1.82, 2.24) is 0 Å². The molecule has 2 aliphatic rings. The molecule has 0 amide bonds. The Morgan fingerprint density at radius 2 is 2.14 bits per heavy atom. The smallest absolute Gasteiger partial charge is 0.338 e. The van der Waals surface area contributed by atoms with E-state index in [1.54, 1.807) is 31.2 Å². The quantitative estimate of drug-likeness (QED) is 0.643. The van der Waals surface area contributed by atoms with E-state index in [1.165, 1.54) is 0 Å². The maximum atomic E-state index is 12.1. The number of esters is 1. The highest BCUT2D eigenvalue weighted by Gasteiger charge is 2.56. The van der Waals surface area contributed by atoms with Gasteiger partial charge in [-0.3, -0.25) is 0 Å². The van der Waals surface area contributed by atoms with Crippen molar-refractivity contribution in [1.29, 1.82) is 0 Å². The molecule has 2 saturated heterocycles.